The van der Waals surface area contributed by atoms with Gasteiger partial charge in [0.2, 0.25) is 0 Å². The molecule has 0 saturated carbocycles. The van der Waals surface area contributed by atoms with Crippen molar-refractivity contribution in [2.75, 3.05) is 26.4 Å². The van der Waals surface area contributed by atoms with Gasteiger partial charge in [-0.1, -0.05) is 48.5 Å². The maximum Gasteiger partial charge on any atom is 0.339 e. The number of rotatable bonds is 20. The number of halogens is 2. The van der Waals surface area contributed by atoms with Gasteiger partial charge in [0.15, 0.2) is 0 Å². The summed E-state index contributed by atoms with van der Waals surface area (Å²) in [6.07, 6.45) is 6.92. The SMILES string of the molecule is N#Cc1ccc(-c2ccc(OCCCCCCOC(=O)c3cc(Br)c(C(=O)OCCCCCCOc4ccc(-c5ccc(C#N)cc5)cc4)cc3Br)cc2)cc1. The van der Waals surface area contributed by atoms with Crippen LogP contribution in [0.5, 0.6) is 11.5 Å². The zero-order chi connectivity index (χ0) is 39.5. The Morgan fingerprint density at radius 2 is 0.750 bits per heavy atom. The van der Waals surface area contributed by atoms with Crippen molar-refractivity contribution < 1.29 is 28.5 Å². The van der Waals surface area contributed by atoms with Gasteiger partial charge in [-0.2, -0.15) is 10.5 Å². The number of unbranched alkanes of at least 4 members (excludes halogenated alkanes) is 6. The molecule has 5 rings (SSSR count). The van der Waals surface area contributed by atoms with Crippen molar-refractivity contribution in [3.63, 3.8) is 0 Å². The Kier molecular flexibility index (Phi) is 16.6. The molecule has 5 aromatic rings. The molecule has 0 fully saturated rings. The molecule has 0 aliphatic carbocycles. The monoisotopic (exact) mass is 876 g/mol. The second-order valence-corrected chi connectivity index (χ2v) is 14.7. The predicted octanol–water partition coefficient (Wildman–Crippen LogP) is 11.9. The van der Waals surface area contributed by atoms with E-state index in [9.17, 15) is 9.59 Å². The Labute approximate surface area is 345 Å². The maximum absolute atomic E-state index is 12.8. The van der Waals surface area contributed by atoms with Gasteiger partial charge in [0, 0.05) is 8.95 Å². The van der Waals surface area contributed by atoms with E-state index in [-0.39, 0.29) is 0 Å². The first kappa shape index (κ1) is 41.7. The van der Waals surface area contributed by atoms with Gasteiger partial charge in [-0.15, -0.1) is 0 Å². The van der Waals surface area contributed by atoms with Crippen LogP contribution in [0.4, 0.5) is 0 Å². The fourth-order valence-corrected chi connectivity index (χ4v) is 6.81. The van der Waals surface area contributed by atoms with Crippen LogP contribution in [0.2, 0.25) is 0 Å². The first-order valence-corrected chi connectivity index (χ1v) is 20.2. The van der Waals surface area contributed by atoms with E-state index < -0.39 is 11.9 Å². The predicted molar refractivity (Wildman–Crippen MR) is 224 cm³/mol. The molecule has 56 heavy (non-hydrogen) atoms. The van der Waals surface area contributed by atoms with E-state index in [1.165, 1.54) is 0 Å². The van der Waals surface area contributed by atoms with Gasteiger partial charge >= 0.3 is 11.9 Å². The molecule has 5 aromatic carbocycles. The van der Waals surface area contributed by atoms with Crippen molar-refractivity contribution in [2.24, 2.45) is 0 Å². The van der Waals surface area contributed by atoms with Crippen LogP contribution in [0, 0.1) is 22.7 Å². The summed E-state index contributed by atoms with van der Waals surface area (Å²) in [5.41, 5.74) is 6.16. The summed E-state index contributed by atoms with van der Waals surface area (Å²) in [4.78, 5) is 25.6. The zero-order valence-corrected chi connectivity index (χ0v) is 34.1. The number of carbonyl (C=O) groups is 2. The van der Waals surface area contributed by atoms with Crippen molar-refractivity contribution in [1.82, 2.24) is 0 Å². The lowest BCUT2D eigenvalue weighted by molar-refractivity contribution is 0.0481. The van der Waals surface area contributed by atoms with Crippen LogP contribution in [0.3, 0.4) is 0 Å². The lowest BCUT2D eigenvalue weighted by Crippen LogP contribution is -2.11. The van der Waals surface area contributed by atoms with Crippen LogP contribution >= 0.6 is 31.9 Å². The lowest BCUT2D eigenvalue weighted by atomic mass is 10.0. The van der Waals surface area contributed by atoms with Gasteiger partial charge in [0.05, 0.1) is 60.8 Å². The third kappa shape index (κ3) is 12.8. The number of benzene rings is 5. The molecule has 0 amide bonds. The van der Waals surface area contributed by atoms with Crippen LogP contribution < -0.4 is 9.47 Å². The molecule has 0 radical (unpaired) electrons. The molecule has 8 nitrogen and oxygen atoms in total. The van der Waals surface area contributed by atoms with Crippen molar-refractivity contribution in [3.05, 3.63) is 140 Å². The number of hydrogen-bond donors (Lipinski definition) is 0. The number of carbonyl (C=O) groups excluding carboxylic acids is 2. The number of hydrogen-bond acceptors (Lipinski definition) is 8. The molecule has 0 spiro atoms. The summed E-state index contributed by atoms with van der Waals surface area (Å²) < 4.78 is 23.7. The Bertz CT molecular complexity index is 1970. The molecule has 0 saturated heterocycles. The van der Waals surface area contributed by atoms with Gasteiger partial charge in [0.1, 0.15) is 11.5 Å². The van der Waals surface area contributed by atoms with Gasteiger partial charge in [-0.25, -0.2) is 9.59 Å². The normalized spacial score (nSPS) is 10.6. The van der Waals surface area contributed by atoms with Gasteiger partial charge < -0.3 is 18.9 Å². The van der Waals surface area contributed by atoms with Crippen LogP contribution in [0.1, 0.15) is 83.2 Å². The molecule has 0 N–H and O–H groups in total. The fourth-order valence-electron chi connectivity index (χ4n) is 5.80. The molecular weight excluding hydrogens is 836 g/mol. The molecule has 0 aromatic heterocycles. The zero-order valence-electron chi connectivity index (χ0n) is 31.0. The molecule has 286 valence electrons. The largest absolute Gasteiger partial charge is 0.494 e. The highest BCUT2D eigenvalue weighted by Gasteiger charge is 2.19. The molecule has 0 heterocycles. The summed E-state index contributed by atoms with van der Waals surface area (Å²) in [7, 11) is 0. The highest BCUT2D eigenvalue weighted by atomic mass is 79.9. The number of esters is 2. The van der Waals surface area contributed by atoms with E-state index in [1.807, 2.05) is 97.1 Å². The second-order valence-electron chi connectivity index (χ2n) is 13.0. The number of nitriles is 2. The number of ether oxygens (including phenoxy) is 4. The summed E-state index contributed by atoms with van der Waals surface area (Å²) in [6.45, 7) is 1.79. The minimum absolute atomic E-state index is 0.296. The van der Waals surface area contributed by atoms with Crippen LogP contribution in [0.25, 0.3) is 22.3 Å². The van der Waals surface area contributed by atoms with E-state index in [1.54, 1.807) is 12.1 Å². The Morgan fingerprint density at radius 1 is 0.446 bits per heavy atom. The van der Waals surface area contributed by atoms with Crippen molar-refractivity contribution >= 4 is 43.8 Å². The maximum atomic E-state index is 12.8. The van der Waals surface area contributed by atoms with Crippen molar-refractivity contribution in [3.8, 4) is 45.9 Å². The summed E-state index contributed by atoms with van der Waals surface area (Å²) in [6, 6.07) is 38.2. The van der Waals surface area contributed by atoms with Crippen LogP contribution in [-0.2, 0) is 9.47 Å². The first-order valence-electron chi connectivity index (χ1n) is 18.6. The van der Waals surface area contributed by atoms with E-state index in [2.05, 4.69) is 44.0 Å². The summed E-state index contributed by atoms with van der Waals surface area (Å²) in [5, 5.41) is 18.0. The van der Waals surface area contributed by atoms with E-state index in [0.717, 1.165) is 85.1 Å². The van der Waals surface area contributed by atoms with Gasteiger partial charge in [0.25, 0.3) is 0 Å². The Morgan fingerprint density at radius 3 is 1.07 bits per heavy atom. The van der Waals surface area contributed by atoms with E-state index in [0.29, 0.717) is 57.6 Å². The van der Waals surface area contributed by atoms with Gasteiger partial charge in [-0.3, -0.25) is 0 Å². The standard InChI is InChI=1S/C46H42Br2N2O6/c47-43-30-42(46(52)56-28-8-4-2-6-26-54-40-23-19-38(20-24-40)36-15-11-34(32-50)12-16-36)44(48)29-41(43)45(51)55-27-7-3-1-5-25-53-39-21-17-37(18-22-39)35-13-9-33(31-49)10-14-35/h9-24,29-30H,1-8,25-28H2. The van der Waals surface area contributed by atoms with E-state index in [4.69, 9.17) is 29.5 Å². The average molecular weight is 879 g/mol. The summed E-state index contributed by atoms with van der Waals surface area (Å²) >= 11 is 6.84. The van der Waals surface area contributed by atoms with E-state index >= 15 is 0 Å². The molecule has 0 atom stereocenters. The summed E-state index contributed by atoms with van der Waals surface area (Å²) in [5.74, 6) is 0.689. The molecule has 10 heteroatoms. The van der Waals surface area contributed by atoms with Crippen molar-refractivity contribution in [2.45, 2.75) is 51.4 Å². The third-order valence-corrected chi connectivity index (χ3v) is 10.3. The molecule has 0 bridgehead atoms. The average Bonchev–Trinajstić information content (AvgIpc) is 3.23. The van der Waals surface area contributed by atoms with Crippen LogP contribution in [-0.4, -0.2) is 38.4 Å². The fraction of sp³-hybridized carbons (Fsp3) is 0.261. The Balaban J connectivity index is 0.901. The third-order valence-electron chi connectivity index (χ3n) is 8.98. The molecule has 0 aliphatic rings. The second kappa shape index (κ2) is 22.2. The lowest BCUT2D eigenvalue weighted by Gasteiger charge is -2.11. The smallest absolute Gasteiger partial charge is 0.339 e. The molecular formula is C46H42Br2N2O6. The quantitative estimate of drug-likeness (QED) is 0.0560. The van der Waals surface area contributed by atoms with Crippen molar-refractivity contribution in [1.29, 1.82) is 10.5 Å². The minimum Gasteiger partial charge on any atom is -0.494 e. The minimum atomic E-state index is -0.464. The Hall–Kier alpha value is -5.42. The highest BCUT2D eigenvalue weighted by molar-refractivity contribution is 9.11. The topological polar surface area (TPSA) is 119 Å². The first-order chi connectivity index (χ1) is 27.3. The number of nitrogens with zero attached hydrogens (tertiary/aromatic N) is 2. The van der Waals surface area contributed by atoms with Gasteiger partial charge in [-0.05, 0) is 166 Å². The molecule has 0 unspecified atom stereocenters. The highest BCUT2D eigenvalue weighted by Crippen LogP contribution is 2.28. The van der Waals surface area contributed by atoms with Crippen LogP contribution in [0.15, 0.2) is 118 Å². The molecule has 0 aliphatic heterocycles.